The summed E-state index contributed by atoms with van der Waals surface area (Å²) in [7, 11) is 0. The van der Waals surface area contributed by atoms with E-state index in [9.17, 15) is 4.79 Å². The fourth-order valence-corrected chi connectivity index (χ4v) is 2.99. The van der Waals surface area contributed by atoms with Crippen molar-refractivity contribution in [2.75, 3.05) is 0 Å². The van der Waals surface area contributed by atoms with Crippen LogP contribution in [-0.4, -0.2) is 4.57 Å². The molecule has 0 amide bonds. The molecule has 4 rings (SSSR count). The number of fused-ring (bicyclic) bond motifs is 2. The minimum atomic E-state index is 0.0661. The van der Waals surface area contributed by atoms with Crippen LogP contribution < -0.4 is 5.43 Å². The number of nitrogens with zero attached hydrogens (tertiary/aromatic N) is 1. The van der Waals surface area contributed by atoms with Gasteiger partial charge in [-0.2, -0.15) is 0 Å². The van der Waals surface area contributed by atoms with E-state index >= 15 is 0 Å². The molecule has 0 saturated heterocycles. The fraction of sp³-hybridized carbons (Fsp3) is 0. The summed E-state index contributed by atoms with van der Waals surface area (Å²) in [6.07, 6.45) is 0. The van der Waals surface area contributed by atoms with Crippen LogP contribution in [0.1, 0.15) is 0 Å². The summed E-state index contributed by atoms with van der Waals surface area (Å²) in [6, 6.07) is 23.0. The van der Waals surface area contributed by atoms with Crippen molar-refractivity contribution in [1.82, 2.24) is 4.57 Å². The Morgan fingerprint density at radius 1 is 0.682 bits per heavy atom. The molecule has 0 atom stereocenters. The van der Waals surface area contributed by atoms with Crippen LogP contribution in [-0.2, 0) is 0 Å². The Balaban J connectivity index is 2.25. The van der Waals surface area contributed by atoms with E-state index < -0.39 is 0 Å². The molecule has 22 heavy (non-hydrogen) atoms. The minimum Gasteiger partial charge on any atom is -0.309 e. The van der Waals surface area contributed by atoms with E-state index in [0.717, 1.165) is 27.5 Å². The maximum Gasteiger partial charge on any atom is 0.197 e. The van der Waals surface area contributed by atoms with Gasteiger partial charge in [-0.05, 0) is 48.5 Å². The zero-order valence-electron chi connectivity index (χ0n) is 11.7. The summed E-state index contributed by atoms with van der Waals surface area (Å²) in [5, 5.41) is 2.13. The van der Waals surface area contributed by atoms with E-state index in [1.807, 2.05) is 72.8 Å². The molecule has 0 aliphatic carbocycles. The molecule has 0 fully saturated rings. The number of rotatable bonds is 1. The summed E-state index contributed by atoms with van der Waals surface area (Å²) in [5.41, 5.74) is 2.84. The lowest BCUT2D eigenvalue weighted by Gasteiger charge is -2.15. The molecule has 0 radical (unpaired) electrons. The predicted molar refractivity (Wildman–Crippen MR) is 92.1 cm³/mol. The van der Waals surface area contributed by atoms with E-state index in [1.165, 1.54) is 0 Å². The van der Waals surface area contributed by atoms with Crippen LogP contribution in [0.15, 0.2) is 77.6 Å². The van der Waals surface area contributed by atoms with Crippen molar-refractivity contribution in [3.05, 3.63) is 88.0 Å². The van der Waals surface area contributed by atoms with Gasteiger partial charge in [0.15, 0.2) is 5.43 Å². The normalized spacial score (nSPS) is 11.1. The third-order valence-corrected chi connectivity index (χ3v) is 4.12. The minimum absolute atomic E-state index is 0.0661. The number of benzene rings is 3. The highest BCUT2D eigenvalue weighted by Crippen LogP contribution is 2.24. The van der Waals surface area contributed by atoms with Gasteiger partial charge in [-0.25, -0.2) is 0 Å². The van der Waals surface area contributed by atoms with Gasteiger partial charge in [0.1, 0.15) is 0 Å². The number of pyridine rings is 1. The Bertz CT molecular complexity index is 988. The second-order valence-electron chi connectivity index (χ2n) is 5.18. The lowest BCUT2D eigenvalue weighted by atomic mass is 10.1. The average molecular weight is 306 g/mol. The molecule has 0 spiro atoms. The Kier molecular flexibility index (Phi) is 2.98. The number of aromatic nitrogens is 1. The number of hydrogen-bond donors (Lipinski definition) is 0. The number of halogens is 1. The molecule has 0 aliphatic rings. The van der Waals surface area contributed by atoms with Crippen molar-refractivity contribution >= 4 is 33.4 Å². The van der Waals surface area contributed by atoms with Gasteiger partial charge in [0.25, 0.3) is 0 Å². The van der Waals surface area contributed by atoms with Crippen LogP contribution in [0, 0.1) is 0 Å². The molecule has 1 aromatic heterocycles. The number of para-hydroxylation sites is 2. The van der Waals surface area contributed by atoms with Gasteiger partial charge in [0, 0.05) is 21.5 Å². The van der Waals surface area contributed by atoms with E-state index in [1.54, 1.807) is 0 Å². The Morgan fingerprint density at radius 2 is 1.18 bits per heavy atom. The van der Waals surface area contributed by atoms with Crippen LogP contribution in [0.5, 0.6) is 0 Å². The monoisotopic (exact) mass is 305 g/mol. The van der Waals surface area contributed by atoms with Crippen molar-refractivity contribution in [3.63, 3.8) is 0 Å². The molecule has 106 valence electrons. The van der Waals surface area contributed by atoms with Crippen LogP contribution in [0.3, 0.4) is 0 Å². The molecule has 0 aliphatic heterocycles. The Morgan fingerprint density at radius 3 is 1.73 bits per heavy atom. The molecule has 0 bridgehead atoms. The summed E-state index contributed by atoms with van der Waals surface area (Å²) in [5.74, 6) is 0. The van der Waals surface area contributed by atoms with Crippen molar-refractivity contribution in [1.29, 1.82) is 0 Å². The van der Waals surface area contributed by atoms with Gasteiger partial charge in [-0.3, -0.25) is 4.79 Å². The highest BCUT2D eigenvalue weighted by atomic mass is 35.5. The topological polar surface area (TPSA) is 22.0 Å². The first-order chi connectivity index (χ1) is 10.8. The Labute approximate surface area is 132 Å². The van der Waals surface area contributed by atoms with E-state index in [0.29, 0.717) is 5.02 Å². The number of hydrogen-bond acceptors (Lipinski definition) is 1. The molecular weight excluding hydrogens is 294 g/mol. The molecule has 3 aromatic carbocycles. The summed E-state index contributed by atoms with van der Waals surface area (Å²) >= 11 is 6.00. The summed E-state index contributed by atoms with van der Waals surface area (Å²) < 4.78 is 2.10. The lowest BCUT2D eigenvalue weighted by Crippen LogP contribution is -2.10. The van der Waals surface area contributed by atoms with Crippen LogP contribution in [0.25, 0.3) is 27.5 Å². The first kappa shape index (κ1) is 13.1. The third kappa shape index (κ3) is 1.92. The second kappa shape index (κ2) is 5.00. The van der Waals surface area contributed by atoms with Gasteiger partial charge >= 0.3 is 0 Å². The first-order valence-electron chi connectivity index (χ1n) is 7.04. The fourth-order valence-electron chi connectivity index (χ4n) is 2.86. The smallest absolute Gasteiger partial charge is 0.197 e. The molecule has 1 heterocycles. The Hall–Kier alpha value is -2.58. The van der Waals surface area contributed by atoms with Crippen LogP contribution in [0.2, 0.25) is 5.02 Å². The van der Waals surface area contributed by atoms with Gasteiger partial charge in [0.2, 0.25) is 0 Å². The van der Waals surface area contributed by atoms with Gasteiger partial charge < -0.3 is 4.57 Å². The van der Waals surface area contributed by atoms with Gasteiger partial charge in [0.05, 0.1) is 11.0 Å². The SMILES string of the molecule is O=c1c2ccccc2n(-c2ccc(Cl)cc2)c2ccccc12. The lowest BCUT2D eigenvalue weighted by molar-refractivity contribution is 1.16. The van der Waals surface area contributed by atoms with Crippen LogP contribution >= 0.6 is 11.6 Å². The maximum absolute atomic E-state index is 12.7. The van der Waals surface area contributed by atoms with E-state index in [-0.39, 0.29) is 5.43 Å². The molecule has 0 unspecified atom stereocenters. The third-order valence-electron chi connectivity index (χ3n) is 3.86. The molecule has 0 N–H and O–H groups in total. The van der Waals surface area contributed by atoms with E-state index in [2.05, 4.69) is 4.57 Å². The van der Waals surface area contributed by atoms with Gasteiger partial charge in [-0.15, -0.1) is 0 Å². The summed E-state index contributed by atoms with van der Waals surface area (Å²) in [6.45, 7) is 0. The molecule has 0 saturated carbocycles. The molecular formula is C19H12ClNO. The highest BCUT2D eigenvalue weighted by Gasteiger charge is 2.11. The molecule has 4 aromatic rings. The molecule has 3 heteroatoms. The summed E-state index contributed by atoms with van der Waals surface area (Å²) in [4.78, 5) is 12.7. The predicted octanol–water partition coefficient (Wildman–Crippen LogP) is 4.80. The standard InChI is InChI=1S/C19H12ClNO/c20-13-9-11-14(12-10-13)21-17-7-3-1-5-15(17)19(22)16-6-2-4-8-18(16)21/h1-12H. The molecule has 2 nitrogen and oxygen atoms in total. The zero-order valence-corrected chi connectivity index (χ0v) is 12.4. The largest absolute Gasteiger partial charge is 0.309 e. The van der Waals surface area contributed by atoms with Crippen LogP contribution in [0.4, 0.5) is 0 Å². The zero-order chi connectivity index (χ0) is 15.1. The van der Waals surface area contributed by atoms with Gasteiger partial charge in [-0.1, -0.05) is 35.9 Å². The van der Waals surface area contributed by atoms with E-state index in [4.69, 9.17) is 11.6 Å². The first-order valence-corrected chi connectivity index (χ1v) is 7.42. The second-order valence-corrected chi connectivity index (χ2v) is 5.61. The van der Waals surface area contributed by atoms with Crippen molar-refractivity contribution in [3.8, 4) is 5.69 Å². The highest BCUT2D eigenvalue weighted by molar-refractivity contribution is 6.30. The van der Waals surface area contributed by atoms with Crippen molar-refractivity contribution < 1.29 is 0 Å². The van der Waals surface area contributed by atoms with Crippen molar-refractivity contribution in [2.45, 2.75) is 0 Å². The maximum atomic E-state index is 12.7. The van der Waals surface area contributed by atoms with Crippen molar-refractivity contribution in [2.24, 2.45) is 0 Å². The average Bonchev–Trinajstić information content (AvgIpc) is 2.57. The quantitative estimate of drug-likeness (QED) is 0.463.